The van der Waals surface area contributed by atoms with E-state index in [1.54, 1.807) is 6.07 Å². The summed E-state index contributed by atoms with van der Waals surface area (Å²) in [5, 5.41) is 12.3. The average Bonchev–Trinajstić information content (AvgIpc) is 2.69. The number of nitrogen functional groups attached to an aromatic ring is 1. The van der Waals surface area contributed by atoms with E-state index in [4.69, 9.17) is 22.6 Å². The monoisotopic (exact) mass is 286 g/mol. The maximum Gasteiger partial charge on any atom is 0.416 e. The number of nitrogens with zero attached hydrogens (tertiary/aromatic N) is 3. The SMILES string of the molecule is N#Cc1cc(N)n(-c2ccc(C(F)(F)F)cc2Cl)n1. The molecule has 98 valence electrons. The largest absolute Gasteiger partial charge is 0.416 e. The van der Waals surface area contributed by atoms with Crippen molar-refractivity contribution in [2.24, 2.45) is 0 Å². The molecule has 8 heteroatoms. The van der Waals surface area contributed by atoms with Gasteiger partial charge in [-0.05, 0) is 18.2 Å². The van der Waals surface area contributed by atoms with Gasteiger partial charge in [-0.2, -0.15) is 23.5 Å². The maximum absolute atomic E-state index is 12.5. The third kappa shape index (κ3) is 2.48. The topological polar surface area (TPSA) is 67.6 Å². The first-order chi connectivity index (χ1) is 8.82. The number of anilines is 1. The molecule has 0 aliphatic rings. The Morgan fingerprint density at radius 1 is 1.32 bits per heavy atom. The molecule has 0 radical (unpaired) electrons. The van der Waals surface area contributed by atoms with Crippen LogP contribution >= 0.6 is 11.6 Å². The summed E-state index contributed by atoms with van der Waals surface area (Å²) < 4.78 is 38.6. The van der Waals surface area contributed by atoms with E-state index in [0.29, 0.717) is 0 Å². The van der Waals surface area contributed by atoms with Gasteiger partial charge in [0.1, 0.15) is 11.9 Å². The third-order valence-corrected chi connectivity index (χ3v) is 2.66. The van der Waals surface area contributed by atoms with Crippen LogP contribution in [0.4, 0.5) is 19.0 Å². The van der Waals surface area contributed by atoms with Crippen molar-refractivity contribution in [3.05, 3.63) is 40.5 Å². The minimum atomic E-state index is -4.48. The van der Waals surface area contributed by atoms with Gasteiger partial charge in [0.15, 0.2) is 5.69 Å². The highest BCUT2D eigenvalue weighted by Gasteiger charge is 2.31. The number of hydrogen-bond acceptors (Lipinski definition) is 3. The first kappa shape index (κ1) is 13.2. The number of halogens is 4. The Morgan fingerprint density at radius 2 is 2.00 bits per heavy atom. The van der Waals surface area contributed by atoms with Crippen molar-refractivity contribution >= 4 is 17.4 Å². The molecule has 0 saturated heterocycles. The normalized spacial score (nSPS) is 11.3. The van der Waals surface area contributed by atoms with Gasteiger partial charge in [-0.1, -0.05) is 11.6 Å². The minimum Gasteiger partial charge on any atom is -0.384 e. The molecule has 0 saturated carbocycles. The fourth-order valence-electron chi connectivity index (χ4n) is 1.50. The van der Waals surface area contributed by atoms with E-state index < -0.39 is 11.7 Å². The van der Waals surface area contributed by atoms with Crippen LogP contribution in [0.25, 0.3) is 5.69 Å². The summed E-state index contributed by atoms with van der Waals surface area (Å²) in [7, 11) is 0. The zero-order chi connectivity index (χ0) is 14.2. The zero-order valence-corrected chi connectivity index (χ0v) is 10.00. The number of nitrogens with two attached hydrogens (primary N) is 1. The zero-order valence-electron chi connectivity index (χ0n) is 9.24. The Kier molecular flexibility index (Phi) is 3.12. The van der Waals surface area contributed by atoms with Gasteiger partial charge in [-0.15, -0.1) is 0 Å². The van der Waals surface area contributed by atoms with Crippen LogP contribution in [0.1, 0.15) is 11.3 Å². The van der Waals surface area contributed by atoms with Crippen LogP contribution < -0.4 is 5.73 Å². The molecule has 1 heterocycles. The van der Waals surface area contributed by atoms with Crippen LogP contribution in [-0.2, 0) is 6.18 Å². The lowest BCUT2D eigenvalue weighted by atomic mass is 10.2. The van der Waals surface area contributed by atoms with Crippen molar-refractivity contribution < 1.29 is 13.2 Å². The van der Waals surface area contributed by atoms with Crippen molar-refractivity contribution in [3.63, 3.8) is 0 Å². The van der Waals surface area contributed by atoms with Crippen molar-refractivity contribution in [1.29, 1.82) is 5.26 Å². The van der Waals surface area contributed by atoms with E-state index in [0.717, 1.165) is 22.9 Å². The summed E-state index contributed by atoms with van der Waals surface area (Å²) in [5.74, 6) is 0.109. The molecule has 0 spiro atoms. The van der Waals surface area contributed by atoms with Gasteiger partial charge in [0.2, 0.25) is 0 Å². The summed E-state index contributed by atoms with van der Waals surface area (Å²) in [6.45, 7) is 0. The first-order valence-electron chi connectivity index (χ1n) is 4.95. The second kappa shape index (κ2) is 4.48. The molecule has 1 aromatic heterocycles. The number of nitriles is 1. The fourth-order valence-corrected chi connectivity index (χ4v) is 1.76. The van der Waals surface area contributed by atoms with E-state index in [1.807, 2.05) is 0 Å². The molecule has 4 nitrogen and oxygen atoms in total. The minimum absolute atomic E-state index is 0.0495. The molecule has 0 unspecified atom stereocenters. The lowest BCUT2D eigenvalue weighted by Gasteiger charge is -2.10. The quantitative estimate of drug-likeness (QED) is 0.876. The van der Waals surface area contributed by atoms with Crippen molar-refractivity contribution in [2.45, 2.75) is 6.18 Å². The Morgan fingerprint density at radius 3 is 2.47 bits per heavy atom. The lowest BCUT2D eigenvalue weighted by molar-refractivity contribution is -0.137. The molecule has 2 rings (SSSR count). The second-order valence-electron chi connectivity index (χ2n) is 3.64. The van der Waals surface area contributed by atoms with Crippen LogP contribution in [0, 0.1) is 11.3 Å². The van der Waals surface area contributed by atoms with E-state index in [1.165, 1.54) is 6.07 Å². The number of hydrogen-bond donors (Lipinski definition) is 1. The highest BCUT2D eigenvalue weighted by atomic mass is 35.5. The van der Waals surface area contributed by atoms with E-state index in [2.05, 4.69) is 5.10 Å². The van der Waals surface area contributed by atoms with E-state index >= 15 is 0 Å². The van der Waals surface area contributed by atoms with E-state index in [9.17, 15) is 13.2 Å². The molecule has 0 aliphatic heterocycles. The highest BCUT2D eigenvalue weighted by Crippen LogP contribution is 2.33. The molecular weight excluding hydrogens is 281 g/mol. The van der Waals surface area contributed by atoms with Crippen molar-refractivity contribution in [2.75, 3.05) is 5.73 Å². The molecule has 19 heavy (non-hydrogen) atoms. The molecule has 0 bridgehead atoms. The lowest BCUT2D eigenvalue weighted by Crippen LogP contribution is -2.07. The summed E-state index contributed by atoms with van der Waals surface area (Å²) in [5.41, 5.74) is 4.97. The van der Waals surface area contributed by atoms with Gasteiger partial charge in [0.05, 0.1) is 16.3 Å². The van der Waals surface area contributed by atoms with Crippen molar-refractivity contribution in [3.8, 4) is 11.8 Å². The first-order valence-corrected chi connectivity index (χ1v) is 5.33. The summed E-state index contributed by atoms with van der Waals surface area (Å²) in [6, 6.07) is 5.88. The van der Waals surface area contributed by atoms with Gasteiger partial charge in [-0.3, -0.25) is 0 Å². The van der Waals surface area contributed by atoms with Crippen LogP contribution in [0.5, 0.6) is 0 Å². The maximum atomic E-state index is 12.5. The predicted octanol–water partition coefficient (Wildman–Crippen LogP) is 3.00. The Hall–Kier alpha value is -2.20. The highest BCUT2D eigenvalue weighted by molar-refractivity contribution is 6.32. The number of rotatable bonds is 1. The Bertz CT molecular complexity index is 670. The van der Waals surface area contributed by atoms with Gasteiger partial charge >= 0.3 is 6.18 Å². The standard InChI is InChI=1S/C11H6ClF3N4/c12-8-3-6(11(13,14)15)1-2-9(8)19-10(17)4-7(5-16)18-19/h1-4H,17H2. The molecule has 2 aromatic rings. The van der Waals surface area contributed by atoms with Crippen LogP contribution in [-0.4, -0.2) is 9.78 Å². The molecular formula is C11H6ClF3N4. The third-order valence-electron chi connectivity index (χ3n) is 2.35. The van der Waals surface area contributed by atoms with Gasteiger partial charge in [0, 0.05) is 6.07 Å². The van der Waals surface area contributed by atoms with Crippen LogP contribution in [0.2, 0.25) is 5.02 Å². The van der Waals surface area contributed by atoms with Gasteiger partial charge < -0.3 is 5.73 Å². The average molecular weight is 287 g/mol. The fraction of sp³-hybridized carbons (Fsp3) is 0.0909. The summed E-state index contributed by atoms with van der Waals surface area (Å²) >= 11 is 5.80. The molecule has 1 aromatic carbocycles. The summed E-state index contributed by atoms with van der Waals surface area (Å²) in [4.78, 5) is 0. The number of aromatic nitrogens is 2. The molecule has 0 atom stereocenters. The molecule has 0 aliphatic carbocycles. The molecule has 0 amide bonds. The molecule has 2 N–H and O–H groups in total. The van der Waals surface area contributed by atoms with Crippen LogP contribution in [0.15, 0.2) is 24.3 Å². The molecule has 0 fully saturated rings. The smallest absolute Gasteiger partial charge is 0.384 e. The van der Waals surface area contributed by atoms with Crippen molar-refractivity contribution in [1.82, 2.24) is 9.78 Å². The van der Waals surface area contributed by atoms with Gasteiger partial charge in [-0.25, -0.2) is 4.68 Å². The Balaban J connectivity index is 2.53. The van der Waals surface area contributed by atoms with Gasteiger partial charge in [0.25, 0.3) is 0 Å². The second-order valence-corrected chi connectivity index (χ2v) is 4.05. The number of alkyl halides is 3. The number of benzene rings is 1. The summed E-state index contributed by atoms with van der Waals surface area (Å²) in [6.07, 6.45) is -4.48. The Labute approximate surface area is 110 Å². The predicted molar refractivity (Wildman–Crippen MR) is 62.7 cm³/mol. The van der Waals surface area contributed by atoms with E-state index in [-0.39, 0.29) is 22.2 Å². The van der Waals surface area contributed by atoms with Crippen LogP contribution in [0.3, 0.4) is 0 Å².